The molecule has 1 aromatic rings. The highest BCUT2D eigenvalue weighted by Crippen LogP contribution is 2.26. The van der Waals surface area contributed by atoms with Gasteiger partial charge in [-0.15, -0.1) is 0 Å². The molecule has 0 aliphatic carbocycles. The molecular weight excluding hydrogens is 272 g/mol. The Bertz CT molecular complexity index is 341. The van der Waals surface area contributed by atoms with Crippen molar-refractivity contribution in [3.8, 4) is 0 Å². The fraction of sp³-hybridized carbons (Fsp3) is 0.500. The van der Waals surface area contributed by atoms with Gasteiger partial charge in [0, 0.05) is 11.1 Å². The number of rotatable bonds is 5. The van der Waals surface area contributed by atoms with Crippen LogP contribution in [-0.4, -0.2) is 28.0 Å². The summed E-state index contributed by atoms with van der Waals surface area (Å²) in [4.78, 5) is 0. The number of aryl methyl sites for hydroxylation is 1. The van der Waals surface area contributed by atoms with Gasteiger partial charge in [0.25, 0.3) is 0 Å². The van der Waals surface area contributed by atoms with Gasteiger partial charge in [-0.25, -0.2) is 0 Å². The standard InChI is InChI=1S/C12H17BrO3/c1-2-8-7-9(13)3-4-10(8)12(16)11(15)5-6-14/h3-4,7,11-12,14-16H,2,5-6H2,1H3. The van der Waals surface area contributed by atoms with Crippen LogP contribution in [0.4, 0.5) is 0 Å². The summed E-state index contributed by atoms with van der Waals surface area (Å²) in [6.07, 6.45) is -0.885. The van der Waals surface area contributed by atoms with Gasteiger partial charge in [-0.2, -0.15) is 0 Å². The first-order valence-electron chi connectivity index (χ1n) is 5.35. The van der Waals surface area contributed by atoms with Gasteiger partial charge in [-0.3, -0.25) is 0 Å². The van der Waals surface area contributed by atoms with Crippen molar-refractivity contribution in [2.45, 2.75) is 32.0 Å². The lowest BCUT2D eigenvalue weighted by Gasteiger charge is -2.20. The Morgan fingerprint density at radius 1 is 1.31 bits per heavy atom. The average Bonchev–Trinajstić information content (AvgIpc) is 2.28. The van der Waals surface area contributed by atoms with Gasteiger partial charge in [0.15, 0.2) is 0 Å². The fourth-order valence-electron chi connectivity index (χ4n) is 1.67. The van der Waals surface area contributed by atoms with Crippen molar-refractivity contribution in [3.05, 3.63) is 33.8 Å². The number of benzene rings is 1. The zero-order valence-electron chi connectivity index (χ0n) is 9.23. The second-order valence-electron chi connectivity index (χ2n) is 3.72. The van der Waals surface area contributed by atoms with Crippen molar-refractivity contribution in [3.63, 3.8) is 0 Å². The first-order valence-corrected chi connectivity index (χ1v) is 6.14. The highest BCUT2D eigenvalue weighted by atomic mass is 79.9. The molecule has 1 rings (SSSR count). The Labute approximate surface area is 104 Å². The van der Waals surface area contributed by atoms with Crippen molar-refractivity contribution in [1.29, 1.82) is 0 Å². The van der Waals surface area contributed by atoms with E-state index in [1.54, 1.807) is 6.07 Å². The SMILES string of the molecule is CCc1cc(Br)ccc1C(O)C(O)CCO. The summed E-state index contributed by atoms with van der Waals surface area (Å²) in [5, 5.41) is 28.3. The van der Waals surface area contributed by atoms with Crippen LogP contribution in [0, 0.1) is 0 Å². The third kappa shape index (κ3) is 3.28. The monoisotopic (exact) mass is 288 g/mol. The van der Waals surface area contributed by atoms with Crippen LogP contribution in [0.3, 0.4) is 0 Å². The second-order valence-corrected chi connectivity index (χ2v) is 4.64. The quantitative estimate of drug-likeness (QED) is 0.774. The molecule has 3 N–H and O–H groups in total. The number of hydrogen-bond donors (Lipinski definition) is 3. The number of aliphatic hydroxyl groups is 3. The van der Waals surface area contributed by atoms with Crippen LogP contribution >= 0.6 is 15.9 Å². The van der Waals surface area contributed by atoms with E-state index in [1.807, 2.05) is 19.1 Å². The molecule has 0 radical (unpaired) electrons. The first kappa shape index (κ1) is 13.6. The molecule has 4 heteroatoms. The van der Waals surface area contributed by atoms with Crippen LogP contribution in [0.1, 0.15) is 30.6 Å². The van der Waals surface area contributed by atoms with Crippen molar-refractivity contribution >= 4 is 15.9 Å². The van der Waals surface area contributed by atoms with E-state index < -0.39 is 12.2 Å². The molecule has 0 bridgehead atoms. The van der Waals surface area contributed by atoms with Crippen molar-refractivity contribution < 1.29 is 15.3 Å². The normalized spacial score (nSPS) is 14.8. The lowest BCUT2D eigenvalue weighted by Crippen LogP contribution is -2.20. The zero-order chi connectivity index (χ0) is 12.1. The maximum Gasteiger partial charge on any atom is 0.105 e. The minimum atomic E-state index is -0.935. The molecular formula is C12H17BrO3. The number of aliphatic hydroxyl groups excluding tert-OH is 3. The zero-order valence-corrected chi connectivity index (χ0v) is 10.8. The van der Waals surface area contributed by atoms with Crippen LogP contribution in [0.15, 0.2) is 22.7 Å². The van der Waals surface area contributed by atoms with Crippen molar-refractivity contribution in [2.75, 3.05) is 6.61 Å². The summed E-state index contributed by atoms with van der Waals surface area (Å²) < 4.78 is 0.956. The summed E-state index contributed by atoms with van der Waals surface area (Å²) >= 11 is 3.37. The maximum atomic E-state index is 9.95. The van der Waals surface area contributed by atoms with Crippen LogP contribution in [0.2, 0.25) is 0 Å². The topological polar surface area (TPSA) is 60.7 Å². The summed E-state index contributed by atoms with van der Waals surface area (Å²) in [5.41, 5.74) is 1.73. The van der Waals surface area contributed by atoms with E-state index in [4.69, 9.17) is 5.11 Å². The van der Waals surface area contributed by atoms with Gasteiger partial charge in [0.2, 0.25) is 0 Å². The molecule has 0 aliphatic heterocycles. The smallest absolute Gasteiger partial charge is 0.105 e. The molecule has 0 fully saturated rings. The number of hydrogen-bond acceptors (Lipinski definition) is 3. The summed E-state index contributed by atoms with van der Waals surface area (Å²) in [5.74, 6) is 0. The first-order chi connectivity index (χ1) is 7.60. The molecule has 2 unspecified atom stereocenters. The fourth-order valence-corrected chi connectivity index (χ4v) is 2.07. The van der Waals surface area contributed by atoms with E-state index in [9.17, 15) is 10.2 Å². The predicted molar refractivity (Wildman–Crippen MR) is 66.2 cm³/mol. The molecule has 2 atom stereocenters. The van der Waals surface area contributed by atoms with E-state index in [-0.39, 0.29) is 13.0 Å². The lowest BCUT2D eigenvalue weighted by molar-refractivity contribution is 0.00377. The van der Waals surface area contributed by atoms with Gasteiger partial charge >= 0.3 is 0 Å². The number of halogens is 1. The second kappa shape index (κ2) is 6.35. The van der Waals surface area contributed by atoms with E-state index in [0.717, 1.165) is 22.0 Å². The lowest BCUT2D eigenvalue weighted by atomic mass is 9.96. The highest BCUT2D eigenvalue weighted by molar-refractivity contribution is 9.10. The highest BCUT2D eigenvalue weighted by Gasteiger charge is 2.20. The van der Waals surface area contributed by atoms with E-state index in [0.29, 0.717) is 0 Å². The van der Waals surface area contributed by atoms with Gasteiger partial charge in [0.05, 0.1) is 6.10 Å². The molecule has 0 heterocycles. The minimum Gasteiger partial charge on any atom is -0.396 e. The largest absolute Gasteiger partial charge is 0.396 e. The molecule has 1 aromatic carbocycles. The van der Waals surface area contributed by atoms with Gasteiger partial charge in [-0.05, 0) is 36.1 Å². The molecule has 0 aromatic heterocycles. The predicted octanol–water partition coefficient (Wildman–Crippen LogP) is 1.79. The van der Waals surface area contributed by atoms with Crippen molar-refractivity contribution in [2.24, 2.45) is 0 Å². The maximum absolute atomic E-state index is 9.95. The van der Waals surface area contributed by atoms with Crippen LogP contribution in [-0.2, 0) is 6.42 Å². The van der Waals surface area contributed by atoms with E-state index >= 15 is 0 Å². The molecule has 0 amide bonds. The molecule has 0 saturated heterocycles. The van der Waals surface area contributed by atoms with Crippen molar-refractivity contribution in [1.82, 2.24) is 0 Å². The average molecular weight is 289 g/mol. The van der Waals surface area contributed by atoms with Gasteiger partial charge in [-0.1, -0.05) is 28.9 Å². The molecule has 0 aliphatic rings. The Hall–Kier alpha value is -0.420. The van der Waals surface area contributed by atoms with E-state index in [2.05, 4.69) is 15.9 Å². The minimum absolute atomic E-state index is 0.129. The summed E-state index contributed by atoms with van der Waals surface area (Å²) in [6, 6.07) is 5.57. The summed E-state index contributed by atoms with van der Waals surface area (Å²) in [7, 11) is 0. The Morgan fingerprint density at radius 3 is 2.56 bits per heavy atom. The van der Waals surface area contributed by atoms with Crippen LogP contribution in [0.25, 0.3) is 0 Å². The Kier molecular flexibility index (Phi) is 5.41. The molecule has 0 spiro atoms. The molecule has 16 heavy (non-hydrogen) atoms. The third-order valence-electron chi connectivity index (χ3n) is 2.59. The summed E-state index contributed by atoms with van der Waals surface area (Å²) in [6.45, 7) is 1.87. The third-order valence-corrected chi connectivity index (χ3v) is 3.09. The molecule has 0 saturated carbocycles. The van der Waals surface area contributed by atoms with E-state index in [1.165, 1.54) is 0 Å². The molecule has 90 valence electrons. The Balaban J connectivity index is 2.93. The Morgan fingerprint density at radius 2 is 2.00 bits per heavy atom. The molecule has 3 nitrogen and oxygen atoms in total. The van der Waals surface area contributed by atoms with Gasteiger partial charge < -0.3 is 15.3 Å². The van der Waals surface area contributed by atoms with Crippen LogP contribution < -0.4 is 0 Å². The van der Waals surface area contributed by atoms with Crippen LogP contribution in [0.5, 0.6) is 0 Å². The van der Waals surface area contributed by atoms with Gasteiger partial charge in [0.1, 0.15) is 6.10 Å².